The van der Waals surface area contributed by atoms with Gasteiger partial charge in [0.2, 0.25) is 5.28 Å². The van der Waals surface area contributed by atoms with E-state index in [1.54, 1.807) is 10.9 Å². The molecule has 0 spiro atoms. The van der Waals surface area contributed by atoms with Crippen LogP contribution in [0.2, 0.25) is 5.28 Å². The average Bonchev–Trinajstić information content (AvgIpc) is 3.39. The zero-order valence-electron chi connectivity index (χ0n) is 15.2. The zero-order chi connectivity index (χ0) is 19.5. The van der Waals surface area contributed by atoms with Crippen LogP contribution in [0.3, 0.4) is 0 Å². The summed E-state index contributed by atoms with van der Waals surface area (Å²) in [6.45, 7) is 1.76. The second-order valence-electron chi connectivity index (χ2n) is 6.85. The number of ether oxygens (including phenoxy) is 3. The number of nitrogens with zero attached hydrogens (tertiary/aromatic N) is 4. The Labute approximate surface area is 168 Å². The highest BCUT2D eigenvalue weighted by Gasteiger charge is 2.29. The monoisotopic (exact) mass is 431 g/mol. The van der Waals surface area contributed by atoms with E-state index in [1.807, 2.05) is 0 Å². The molecule has 3 N–H and O–H groups in total. The summed E-state index contributed by atoms with van der Waals surface area (Å²) in [5, 5.41) is 8.66. The van der Waals surface area contributed by atoms with Gasteiger partial charge in [0.1, 0.15) is 12.2 Å². The first-order valence-electron chi connectivity index (χ1n) is 9.25. The van der Waals surface area contributed by atoms with E-state index in [0.29, 0.717) is 24.6 Å². The predicted octanol–water partition coefficient (Wildman–Crippen LogP) is 2.02. The number of hydrogen-bond acceptors (Lipinski definition) is 9. The third kappa shape index (κ3) is 4.71. The van der Waals surface area contributed by atoms with E-state index in [2.05, 4.69) is 20.4 Å². The molecule has 2 saturated heterocycles. The van der Waals surface area contributed by atoms with E-state index < -0.39 is 8.38 Å². The first-order chi connectivity index (χ1) is 13.6. The molecule has 154 valence electrons. The van der Waals surface area contributed by atoms with Crippen LogP contribution < -0.4 is 5.32 Å². The number of hydrogen-bond donors (Lipinski definition) is 3. The van der Waals surface area contributed by atoms with Crippen LogP contribution in [0.1, 0.15) is 31.9 Å². The third-order valence-corrected chi connectivity index (χ3v) is 5.40. The van der Waals surface area contributed by atoms with Crippen molar-refractivity contribution in [1.82, 2.24) is 19.7 Å². The minimum atomic E-state index is -2.05. The van der Waals surface area contributed by atoms with Crippen molar-refractivity contribution >= 4 is 36.8 Å². The summed E-state index contributed by atoms with van der Waals surface area (Å²) in [5.41, 5.74) is 0.607. The third-order valence-electron chi connectivity index (χ3n) is 4.82. The molecule has 10 nitrogen and oxygen atoms in total. The standard InChI is InChI=1S/C16H23ClN5O5P/c17-16-20-14(18-6-10-2-1-5-26-10)12-7-19-22(15(12)21-16)13-4-3-11(27-13)8-25-9-28(23)24/h7,10-11,13,23-24H,1-6,8-9H2,(H,18,20,21). The quantitative estimate of drug-likeness (QED) is 0.425. The van der Waals surface area contributed by atoms with Crippen LogP contribution >= 0.6 is 20.0 Å². The number of halogens is 1. The topological polar surface area (TPSA) is 124 Å². The van der Waals surface area contributed by atoms with Gasteiger partial charge in [0.25, 0.3) is 0 Å². The van der Waals surface area contributed by atoms with Crippen LogP contribution in [0, 0.1) is 0 Å². The van der Waals surface area contributed by atoms with Crippen LogP contribution in [-0.4, -0.2) is 67.8 Å². The molecule has 3 atom stereocenters. The van der Waals surface area contributed by atoms with Crippen LogP contribution in [-0.2, 0) is 14.2 Å². The lowest BCUT2D eigenvalue weighted by Crippen LogP contribution is -2.19. The molecule has 0 saturated carbocycles. The number of nitrogens with one attached hydrogen (secondary N) is 1. The van der Waals surface area contributed by atoms with Crippen molar-refractivity contribution in [1.29, 1.82) is 0 Å². The molecule has 0 aromatic carbocycles. The van der Waals surface area contributed by atoms with Gasteiger partial charge in [-0.2, -0.15) is 15.1 Å². The summed E-state index contributed by atoms with van der Waals surface area (Å²) in [5.74, 6) is 0.633. The molecular weight excluding hydrogens is 409 g/mol. The average molecular weight is 432 g/mol. The van der Waals surface area contributed by atoms with E-state index in [4.69, 9.17) is 35.6 Å². The van der Waals surface area contributed by atoms with E-state index in [1.165, 1.54) is 0 Å². The van der Waals surface area contributed by atoms with Gasteiger partial charge in [0.05, 0.1) is 30.4 Å². The van der Waals surface area contributed by atoms with Gasteiger partial charge in [-0.25, -0.2) is 4.68 Å². The largest absolute Gasteiger partial charge is 0.376 e. The normalized spacial score (nSPS) is 25.2. The van der Waals surface area contributed by atoms with Crippen LogP contribution in [0.4, 0.5) is 5.82 Å². The van der Waals surface area contributed by atoms with Gasteiger partial charge < -0.3 is 29.3 Å². The first kappa shape index (κ1) is 20.2. The van der Waals surface area contributed by atoms with E-state index in [0.717, 1.165) is 37.7 Å². The Kier molecular flexibility index (Phi) is 6.57. The summed E-state index contributed by atoms with van der Waals surface area (Å²) >= 11 is 6.14. The Morgan fingerprint density at radius 1 is 1.29 bits per heavy atom. The predicted molar refractivity (Wildman–Crippen MR) is 103 cm³/mol. The van der Waals surface area contributed by atoms with Crippen molar-refractivity contribution < 1.29 is 24.0 Å². The van der Waals surface area contributed by atoms with Gasteiger partial charge in [-0.15, -0.1) is 0 Å². The summed E-state index contributed by atoms with van der Waals surface area (Å²) in [6.07, 6.45) is 5.03. The molecule has 2 aromatic rings. The minimum Gasteiger partial charge on any atom is -0.376 e. The van der Waals surface area contributed by atoms with Crippen LogP contribution in [0.5, 0.6) is 0 Å². The summed E-state index contributed by atoms with van der Waals surface area (Å²) in [6, 6.07) is 0. The van der Waals surface area contributed by atoms with Crippen molar-refractivity contribution in [3.8, 4) is 0 Å². The number of anilines is 1. The molecule has 2 aliphatic heterocycles. The highest BCUT2D eigenvalue weighted by Crippen LogP contribution is 2.32. The van der Waals surface area contributed by atoms with Gasteiger partial charge in [0, 0.05) is 13.2 Å². The molecule has 28 heavy (non-hydrogen) atoms. The van der Waals surface area contributed by atoms with E-state index >= 15 is 0 Å². The SMILES string of the molecule is OP(O)COCC1CCC(n2ncc3c(NCC4CCCO4)nc(Cl)nc32)O1. The van der Waals surface area contributed by atoms with Crippen molar-refractivity contribution in [3.05, 3.63) is 11.5 Å². The lowest BCUT2D eigenvalue weighted by Gasteiger charge is -2.15. The molecule has 4 heterocycles. The van der Waals surface area contributed by atoms with Gasteiger partial charge in [0.15, 0.2) is 20.3 Å². The molecule has 12 heteroatoms. The van der Waals surface area contributed by atoms with Gasteiger partial charge in [-0.1, -0.05) is 0 Å². The summed E-state index contributed by atoms with van der Waals surface area (Å²) in [4.78, 5) is 26.5. The molecular formula is C16H23ClN5O5P. The summed E-state index contributed by atoms with van der Waals surface area (Å²) < 4.78 is 18.6. The molecule has 0 bridgehead atoms. The fourth-order valence-corrected chi connectivity index (χ4v) is 3.95. The summed E-state index contributed by atoms with van der Waals surface area (Å²) in [7, 11) is -2.05. The fraction of sp³-hybridized carbons (Fsp3) is 0.688. The molecule has 3 unspecified atom stereocenters. The Bertz CT molecular complexity index is 803. The number of rotatable bonds is 8. The second-order valence-corrected chi connectivity index (χ2v) is 8.19. The second kappa shape index (κ2) is 9.13. The molecule has 0 amide bonds. The minimum absolute atomic E-state index is 0.0763. The van der Waals surface area contributed by atoms with E-state index in [9.17, 15) is 0 Å². The molecule has 4 rings (SSSR count). The molecule has 0 aliphatic carbocycles. The van der Waals surface area contributed by atoms with Crippen molar-refractivity contribution in [2.24, 2.45) is 0 Å². The van der Waals surface area contributed by atoms with Gasteiger partial charge in [-0.3, -0.25) is 0 Å². The van der Waals surface area contributed by atoms with Crippen molar-refractivity contribution in [2.45, 2.75) is 44.1 Å². The zero-order valence-corrected chi connectivity index (χ0v) is 16.8. The molecule has 2 aliphatic rings. The maximum atomic E-state index is 8.91. The lowest BCUT2D eigenvalue weighted by atomic mass is 10.2. The maximum Gasteiger partial charge on any atom is 0.226 e. The molecule has 0 radical (unpaired) electrons. The fourth-order valence-electron chi connectivity index (χ4n) is 3.52. The van der Waals surface area contributed by atoms with Crippen LogP contribution in [0.15, 0.2) is 6.20 Å². The first-order valence-corrected chi connectivity index (χ1v) is 11.1. The number of aromatic nitrogens is 4. The van der Waals surface area contributed by atoms with Crippen molar-refractivity contribution in [3.63, 3.8) is 0 Å². The highest BCUT2D eigenvalue weighted by molar-refractivity contribution is 7.44. The van der Waals surface area contributed by atoms with Gasteiger partial charge in [-0.05, 0) is 37.3 Å². The Hall–Kier alpha value is -1.13. The van der Waals surface area contributed by atoms with Gasteiger partial charge >= 0.3 is 0 Å². The number of fused-ring (bicyclic) bond motifs is 1. The van der Waals surface area contributed by atoms with Crippen LogP contribution in [0.25, 0.3) is 11.0 Å². The smallest absolute Gasteiger partial charge is 0.226 e. The molecule has 2 aromatic heterocycles. The molecule has 2 fully saturated rings. The van der Waals surface area contributed by atoms with E-state index in [-0.39, 0.29) is 30.1 Å². The Balaban J connectivity index is 1.45. The lowest BCUT2D eigenvalue weighted by molar-refractivity contribution is -0.0384. The Morgan fingerprint density at radius 3 is 2.96 bits per heavy atom. The van der Waals surface area contributed by atoms with Crippen molar-refractivity contribution in [2.75, 3.05) is 31.4 Å². The maximum absolute atomic E-state index is 8.91. The highest BCUT2D eigenvalue weighted by atomic mass is 35.5. The Morgan fingerprint density at radius 2 is 2.18 bits per heavy atom.